The maximum atomic E-state index is 13.1. The number of fused-ring (bicyclic) bond motifs is 1. The van der Waals surface area contributed by atoms with Gasteiger partial charge in [0.25, 0.3) is 11.8 Å². The Balaban J connectivity index is 1.86. The van der Waals surface area contributed by atoms with Gasteiger partial charge in [0.1, 0.15) is 12.4 Å². The number of rotatable bonds is 6. The molecule has 0 aromatic heterocycles. The normalized spacial score (nSPS) is 14.0. The molecule has 0 saturated heterocycles. The Morgan fingerprint density at radius 1 is 1.10 bits per heavy atom. The number of halogens is 4. The number of likely N-dealkylation sites (N-methyl/N-ethyl adjacent to an activating group) is 1. The van der Waals surface area contributed by atoms with Gasteiger partial charge in [0.15, 0.2) is 0 Å². The number of amides is 2. The summed E-state index contributed by atoms with van der Waals surface area (Å²) < 4.78 is 44.9. The Morgan fingerprint density at radius 3 is 2.48 bits per heavy atom. The SMILES string of the molecule is CN(C)CCOc1cccc2c1C(=O)N(Cc1ccc(Cl)c(C(F)(F)F)c1)C2=O. The lowest BCUT2D eigenvalue weighted by Crippen LogP contribution is -2.29. The van der Waals surface area contributed by atoms with Crippen LogP contribution < -0.4 is 4.74 Å². The predicted molar refractivity (Wildman–Crippen MR) is 101 cm³/mol. The first-order chi connectivity index (χ1) is 13.6. The number of ether oxygens (including phenoxy) is 1. The highest BCUT2D eigenvalue weighted by Crippen LogP contribution is 2.36. The van der Waals surface area contributed by atoms with Crippen LogP contribution in [0.5, 0.6) is 5.75 Å². The summed E-state index contributed by atoms with van der Waals surface area (Å²) in [6, 6.07) is 8.00. The molecule has 0 N–H and O–H groups in total. The summed E-state index contributed by atoms with van der Waals surface area (Å²) in [5.41, 5.74) is -0.573. The number of hydrogen-bond acceptors (Lipinski definition) is 4. The molecule has 0 aliphatic carbocycles. The molecule has 0 radical (unpaired) electrons. The van der Waals surface area contributed by atoms with Crippen molar-refractivity contribution in [1.82, 2.24) is 9.80 Å². The molecule has 1 aliphatic rings. The summed E-state index contributed by atoms with van der Waals surface area (Å²) in [4.78, 5) is 28.3. The number of carbonyl (C=O) groups excluding carboxylic acids is 2. The smallest absolute Gasteiger partial charge is 0.417 e. The van der Waals surface area contributed by atoms with Crippen molar-refractivity contribution in [2.75, 3.05) is 27.2 Å². The molecule has 2 amide bonds. The zero-order valence-electron chi connectivity index (χ0n) is 15.7. The minimum absolute atomic E-state index is 0.126. The largest absolute Gasteiger partial charge is 0.491 e. The van der Waals surface area contributed by atoms with Crippen molar-refractivity contribution in [1.29, 1.82) is 0 Å². The minimum atomic E-state index is -4.64. The fourth-order valence-corrected chi connectivity index (χ4v) is 3.20. The summed E-state index contributed by atoms with van der Waals surface area (Å²) in [5.74, 6) is -0.905. The van der Waals surface area contributed by atoms with E-state index in [0.29, 0.717) is 13.2 Å². The van der Waals surface area contributed by atoms with Crippen LogP contribution in [0.25, 0.3) is 0 Å². The highest BCUT2D eigenvalue weighted by molar-refractivity contribution is 6.31. The lowest BCUT2D eigenvalue weighted by molar-refractivity contribution is -0.137. The third-order valence-electron chi connectivity index (χ3n) is 4.43. The highest BCUT2D eigenvalue weighted by Gasteiger charge is 2.39. The van der Waals surface area contributed by atoms with E-state index in [9.17, 15) is 22.8 Å². The summed E-state index contributed by atoms with van der Waals surface area (Å²) in [6.07, 6.45) is -4.64. The molecule has 3 rings (SSSR count). The Labute approximate surface area is 170 Å². The van der Waals surface area contributed by atoms with Crippen molar-refractivity contribution >= 4 is 23.4 Å². The second-order valence-electron chi connectivity index (χ2n) is 6.84. The molecule has 0 saturated carbocycles. The first-order valence-corrected chi connectivity index (χ1v) is 9.09. The van der Waals surface area contributed by atoms with E-state index >= 15 is 0 Å². The van der Waals surface area contributed by atoms with Gasteiger partial charge in [0.2, 0.25) is 0 Å². The van der Waals surface area contributed by atoms with E-state index in [1.807, 2.05) is 19.0 Å². The average Bonchev–Trinajstić information content (AvgIpc) is 2.87. The zero-order valence-corrected chi connectivity index (χ0v) is 16.5. The van der Waals surface area contributed by atoms with Crippen molar-refractivity contribution in [2.45, 2.75) is 12.7 Å². The van der Waals surface area contributed by atoms with Gasteiger partial charge in [-0.25, -0.2) is 0 Å². The van der Waals surface area contributed by atoms with Crippen LogP contribution in [0, 0.1) is 0 Å². The van der Waals surface area contributed by atoms with Gasteiger partial charge in [0, 0.05) is 6.54 Å². The van der Waals surface area contributed by atoms with E-state index in [-0.39, 0.29) is 29.0 Å². The first kappa shape index (κ1) is 21.1. The molecule has 0 spiro atoms. The molecule has 154 valence electrons. The van der Waals surface area contributed by atoms with Crippen molar-refractivity contribution in [3.63, 3.8) is 0 Å². The van der Waals surface area contributed by atoms with E-state index < -0.39 is 28.6 Å². The molecule has 29 heavy (non-hydrogen) atoms. The summed E-state index contributed by atoms with van der Waals surface area (Å²) >= 11 is 5.63. The van der Waals surface area contributed by atoms with E-state index in [4.69, 9.17) is 16.3 Å². The van der Waals surface area contributed by atoms with E-state index in [1.54, 1.807) is 12.1 Å². The summed E-state index contributed by atoms with van der Waals surface area (Å²) in [6.45, 7) is 0.626. The summed E-state index contributed by atoms with van der Waals surface area (Å²) in [7, 11) is 3.74. The third kappa shape index (κ3) is 4.38. The van der Waals surface area contributed by atoms with Gasteiger partial charge in [-0.15, -0.1) is 0 Å². The number of nitrogens with zero attached hydrogens (tertiary/aromatic N) is 2. The van der Waals surface area contributed by atoms with E-state index in [1.165, 1.54) is 12.1 Å². The maximum absolute atomic E-state index is 13.1. The van der Waals surface area contributed by atoms with E-state index in [0.717, 1.165) is 17.0 Å². The van der Waals surface area contributed by atoms with Crippen molar-refractivity contribution in [2.24, 2.45) is 0 Å². The molecule has 5 nitrogen and oxygen atoms in total. The van der Waals surface area contributed by atoms with Crippen LogP contribution in [0.3, 0.4) is 0 Å². The van der Waals surface area contributed by atoms with Gasteiger partial charge < -0.3 is 9.64 Å². The Morgan fingerprint density at radius 2 is 1.83 bits per heavy atom. The van der Waals surface area contributed by atoms with Gasteiger partial charge in [-0.05, 0) is 43.9 Å². The third-order valence-corrected chi connectivity index (χ3v) is 4.76. The van der Waals surface area contributed by atoms with Crippen molar-refractivity contribution in [3.05, 3.63) is 63.7 Å². The molecule has 9 heteroatoms. The second kappa shape index (κ2) is 8.04. The fourth-order valence-electron chi connectivity index (χ4n) is 2.98. The number of imide groups is 1. The van der Waals surface area contributed by atoms with Gasteiger partial charge >= 0.3 is 6.18 Å². The Bertz CT molecular complexity index is 960. The molecular weight excluding hydrogens is 409 g/mol. The lowest BCUT2D eigenvalue weighted by Gasteiger charge is -2.16. The first-order valence-electron chi connectivity index (χ1n) is 8.72. The average molecular weight is 427 g/mol. The van der Waals surface area contributed by atoms with Crippen LogP contribution in [0.4, 0.5) is 13.2 Å². The lowest BCUT2D eigenvalue weighted by atomic mass is 10.1. The monoisotopic (exact) mass is 426 g/mol. The molecule has 0 unspecified atom stereocenters. The van der Waals surface area contributed by atoms with Crippen LogP contribution in [-0.4, -0.2) is 48.9 Å². The van der Waals surface area contributed by atoms with Crippen LogP contribution in [0.15, 0.2) is 36.4 Å². The molecule has 0 fully saturated rings. The molecule has 2 aromatic rings. The van der Waals surface area contributed by atoms with Crippen molar-refractivity contribution in [3.8, 4) is 5.75 Å². The molecule has 1 heterocycles. The van der Waals surface area contributed by atoms with Crippen molar-refractivity contribution < 1.29 is 27.5 Å². The molecular formula is C20H18ClF3N2O3. The fraction of sp³-hybridized carbons (Fsp3) is 0.300. The minimum Gasteiger partial charge on any atom is -0.491 e. The molecule has 0 bridgehead atoms. The predicted octanol–water partition coefficient (Wildman–Crippen LogP) is 4.10. The number of hydrogen-bond donors (Lipinski definition) is 0. The van der Waals surface area contributed by atoms with Gasteiger partial charge in [-0.2, -0.15) is 13.2 Å². The number of benzene rings is 2. The van der Waals surface area contributed by atoms with Gasteiger partial charge in [-0.1, -0.05) is 23.7 Å². The second-order valence-corrected chi connectivity index (χ2v) is 7.25. The molecule has 0 atom stereocenters. The van der Waals surface area contributed by atoms with Crippen LogP contribution >= 0.6 is 11.6 Å². The molecule has 1 aliphatic heterocycles. The number of alkyl halides is 3. The Kier molecular flexibility index (Phi) is 5.86. The van der Waals surface area contributed by atoms with Crippen LogP contribution in [-0.2, 0) is 12.7 Å². The molecule has 2 aromatic carbocycles. The van der Waals surface area contributed by atoms with Crippen LogP contribution in [0.2, 0.25) is 5.02 Å². The Hall–Kier alpha value is -2.58. The topological polar surface area (TPSA) is 49.9 Å². The van der Waals surface area contributed by atoms with Gasteiger partial charge in [-0.3, -0.25) is 14.5 Å². The number of carbonyl (C=O) groups is 2. The summed E-state index contributed by atoms with van der Waals surface area (Å²) in [5, 5.41) is -0.444. The quantitative estimate of drug-likeness (QED) is 0.653. The standard InChI is InChI=1S/C20H18ClF3N2O3/c1-25(2)8-9-29-16-5-3-4-13-17(16)19(28)26(18(13)27)11-12-6-7-15(21)14(10-12)20(22,23)24/h3-7,10H,8-9,11H2,1-2H3. The van der Waals surface area contributed by atoms with Crippen LogP contribution in [0.1, 0.15) is 31.8 Å². The van der Waals surface area contributed by atoms with Gasteiger partial charge in [0.05, 0.1) is 28.3 Å². The van der Waals surface area contributed by atoms with E-state index in [2.05, 4.69) is 0 Å². The maximum Gasteiger partial charge on any atom is 0.417 e. The highest BCUT2D eigenvalue weighted by atomic mass is 35.5. The zero-order chi connectivity index (χ0) is 21.3.